The fraction of sp³-hybridized carbons (Fsp3) is 0.571. The lowest BCUT2D eigenvalue weighted by molar-refractivity contribution is -0.138. The number of rotatable bonds is 4. The van der Waals surface area contributed by atoms with Crippen molar-refractivity contribution in [2.45, 2.75) is 6.92 Å². The van der Waals surface area contributed by atoms with Crippen molar-refractivity contribution in [2.75, 3.05) is 20.2 Å². The molecule has 0 aliphatic carbocycles. The zero-order valence-electron chi connectivity index (χ0n) is 6.85. The highest BCUT2D eigenvalue weighted by molar-refractivity contribution is 8.93. The van der Waals surface area contributed by atoms with Gasteiger partial charge in [-0.25, -0.2) is 4.79 Å². The maximum absolute atomic E-state index is 10.7. The number of hydrogen-bond donors (Lipinski definition) is 1. The van der Waals surface area contributed by atoms with Crippen molar-refractivity contribution >= 4 is 23.0 Å². The second-order valence-electron chi connectivity index (χ2n) is 2.02. The average Bonchev–Trinajstić information content (AvgIpc) is 1.88. The topological polar surface area (TPSA) is 38.3 Å². The summed E-state index contributed by atoms with van der Waals surface area (Å²) >= 11 is 0. The van der Waals surface area contributed by atoms with Crippen molar-refractivity contribution in [1.82, 2.24) is 5.32 Å². The van der Waals surface area contributed by atoms with Crippen LogP contribution in [-0.2, 0) is 9.53 Å². The van der Waals surface area contributed by atoms with Crippen LogP contribution in [0.3, 0.4) is 0 Å². The molecule has 0 aromatic heterocycles. The van der Waals surface area contributed by atoms with Gasteiger partial charge in [0.2, 0.25) is 0 Å². The van der Waals surface area contributed by atoms with E-state index in [1.165, 1.54) is 0 Å². The van der Waals surface area contributed by atoms with Gasteiger partial charge < -0.3 is 10.1 Å². The zero-order chi connectivity index (χ0) is 7.98. The Balaban J connectivity index is 0. The summed E-state index contributed by atoms with van der Waals surface area (Å²) in [5.74, 6) is -0.324. The Morgan fingerprint density at radius 3 is 2.55 bits per heavy atom. The number of hydrogen-bond acceptors (Lipinski definition) is 3. The maximum atomic E-state index is 10.7. The summed E-state index contributed by atoms with van der Waals surface area (Å²) < 4.78 is 4.74. The van der Waals surface area contributed by atoms with Crippen LogP contribution in [0, 0.1) is 0 Å². The van der Waals surface area contributed by atoms with Crippen LogP contribution in [0.4, 0.5) is 0 Å². The van der Waals surface area contributed by atoms with Crippen molar-refractivity contribution < 1.29 is 9.53 Å². The van der Waals surface area contributed by atoms with Gasteiger partial charge in [-0.05, 0) is 14.0 Å². The normalized spacial score (nSPS) is 8.18. The fourth-order valence-corrected chi connectivity index (χ4v) is 0.369. The summed E-state index contributed by atoms with van der Waals surface area (Å²) in [6.45, 7) is 6.15. The lowest BCUT2D eigenvalue weighted by Gasteiger charge is -2.01. The molecule has 0 fully saturated rings. The van der Waals surface area contributed by atoms with Gasteiger partial charge in [-0.2, -0.15) is 0 Å². The molecule has 0 bridgehead atoms. The zero-order valence-corrected chi connectivity index (χ0v) is 8.56. The van der Waals surface area contributed by atoms with Crippen molar-refractivity contribution in [3.05, 3.63) is 12.2 Å². The number of carbonyl (C=O) groups excluding carboxylic acids is 1. The number of likely N-dealkylation sites (N-methyl/N-ethyl adjacent to an activating group) is 1. The quantitative estimate of drug-likeness (QED) is 0.438. The average molecular weight is 224 g/mol. The summed E-state index contributed by atoms with van der Waals surface area (Å²) in [5.41, 5.74) is 0.441. The second kappa shape index (κ2) is 7.75. The Morgan fingerprint density at radius 2 is 2.18 bits per heavy atom. The molecule has 1 N–H and O–H groups in total. The van der Waals surface area contributed by atoms with Gasteiger partial charge in [0.1, 0.15) is 6.61 Å². The Hall–Kier alpha value is -0.350. The summed E-state index contributed by atoms with van der Waals surface area (Å²) in [6, 6.07) is 0. The van der Waals surface area contributed by atoms with E-state index < -0.39 is 0 Å². The Morgan fingerprint density at radius 1 is 1.64 bits per heavy atom. The molecule has 0 radical (unpaired) electrons. The first-order chi connectivity index (χ1) is 4.68. The summed E-state index contributed by atoms with van der Waals surface area (Å²) in [7, 11) is 1.80. The van der Waals surface area contributed by atoms with Gasteiger partial charge >= 0.3 is 5.97 Å². The third-order valence-electron chi connectivity index (χ3n) is 0.934. The smallest absolute Gasteiger partial charge is 0.333 e. The fourth-order valence-electron chi connectivity index (χ4n) is 0.369. The van der Waals surface area contributed by atoms with Gasteiger partial charge in [-0.15, -0.1) is 17.0 Å². The molecule has 0 aliphatic heterocycles. The van der Waals surface area contributed by atoms with Gasteiger partial charge in [0.05, 0.1) is 0 Å². The Labute approximate surface area is 77.6 Å². The number of halogens is 1. The largest absolute Gasteiger partial charge is 0.461 e. The van der Waals surface area contributed by atoms with Gasteiger partial charge in [0.15, 0.2) is 0 Å². The second-order valence-corrected chi connectivity index (χ2v) is 2.02. The van der Waals surface area contributed by atoms with Gasteiger partial charge in [0.25, 0.3) is 0 Å². The molecule has 0 amide bonds. The van der Waals surface area contributed by atoms with Crippen LogP contribution < -0.4 is 5.32 Å². The highest BCUT2D eigenvalue weighted by atomic mass is 79.9. The van der Waals surface area contributed by atoms with Gasteiger partial charge in [-0.3, -0.25) is 0 Å². The molecule has 11 heavy (non-hydrogen) atoms. The maximum Gasteiger partial charge on any atom is 0.333 e. The molecule has 3 nitrogen and oxygen atoms in total. The van der Waals surface area contributed by atoms with E-state index in [-0.39, 0.29) is 23.0 Å². The molecule has 4 heteroatoms. The van der Waals surface area contributed by atoms with Crippen LogP contribution in [0.15, 0.2) is 12.2 Å². The molecule has 0 heterocycles. The highest BCUT2D eigenvalue weighted by Crippen LogP contribution is 1.89. The van der Waals surface area contributed by atoms with Crippen molar-refractivity contribution in [3.8, 4) is 0 Å². The molecule has 0 saturated carbocycles. The minimum absolute atomic E-state index is 0. The molecular weight excluding hydrogens is 210 g/mol. The van der Waals surface area contributed by atoms with Crippen LogP contribution >= 0.6 is 17.0 Å². The monoisotopic (exact) mass is 223 g/mol. The van der Waals surface area contributed by atoms with E-state index in [1.54, 1.807) is 14.0 Å². The van der Waals surface area contributed by atoms with Gasteiger partial charge in [-0.1, -0.05) is 6.58 Å². The summed E-state index contributed by atoms with van der Waals surface area (Å²) in [6.07, 6.45) is 0. The van der Waals surface area contributed by atoms with Crippen LogP contribution in [0.2, 0.25) is 0 Å². The van der Waals surface area contributed by atoms with E-state index in [0.29, 0.717) is 18.7 Å². The molecule has 0 aromatic carbocycles. The van der Waals surface area contributed by atoms with Crippen molar-refractivity contribution in [1.29, 1.82) is 0 Å². The molecule has 0 rings (SSSR count). The SMILES string of the molecule is Br.C=C(C)C(=O)OCCNC. The standard InChI is InChI=1S/C7H13NO2.BrH/c1-6(2)7(9)10-5-4-8-3;/h8H,1,4-5H2,2-3H3;1H. The number of nitrogens with one attached hydrogen (secondary N) is 1. The minimum atomic E-state index is -0.324. The molecule has 0 spiro atoms. The third kappa shape index (κ3) is 7.55. The molecule has 66 valence electrons. The van der Waals surface area contributed by atoms with Crippen LogP contribution in [0.5, 0.6) is 0 Å². The molecule has 0 aliphatic rings. The van der Waals surface area contributed by atoms with Crippen LogP contribution in [0.1, 0.15) is 6.92 Å². The van der Waals surface area contributed by atoms with Gasteiger partial charge in [0, 0.05) is 12.1 Å². The van der Waals surface area contributed by atoms with E-state index in [9.17, 15) is 4.79 Å². The van der Waals surface area contributed by atoms with Crippen LogP contribution in [-0.4, -0.2) is 26.2 Å². The van der Waals surface area contributed by atoms with E-state index in [1.807, 2.05) is 0 Å². The van der Waals surface area contributed by atoms with E-state index in [4.69, 9.17) is 4.74 Å². The Bertz CT molecular complexity index is 136. The molecule has 0 saturated heterocycles. The number of ether oxygens (including phenoxy) is 1. The minimum Gasteiger partial charge on any atom is -0.461 e. The van der Waals surface area contributed by atoms with E-state index in [2.05, 4.69) is 11.9 Å². The molecule has 0 unspecified atom stereocenters. The Kier molecular flexibility index (Phi) is 9.34. The third-order valence-corrected chi connectivity index (χ3v) is 0.934. The number of esters is 1. The lowest BCUT2D eigenvalue weighted by atomic mass is 10.4. The van der Waals surface area contributed by atoms with Crippen molar-refractivity contribution in [2.24, 2.45) is 0 Å². The first kappa shape index (κ1) is 13.3. The van der Waals surface area contributed by atoms with E-state index in [0.717, 1.165) is 0 Å². The predicted octanol–water partition coefficient (Wildman–Crippen LogP) is 0.903. The first-order valence-electron chi connectivity index (χ1n) is 3.15. The molecular formula is C7H14BrNO2. The molecule has 0 atom stereocenters. The summed E-state index contributed by atoms with van der Waals surface area (Å²) in [5, 5.41) is 2.86. The highest BCUT2D eigenvalue weighted by Gasteiger charge is 2.00. The molecule has 0 aromatic rings. The number of carbonyl (C=O) groups is 1. The lowest BCUT2D eigenvalue weighted by Crippen LogP contribution is -2.17. The first-order valence-corrected chi connectivity index (χ1v) is 3.15. The van der Waals surface area contributed by atoms with E-state index >= 15 is 0 Å². The summed E-state index contributed by atoms with van der Waals surface area (Å²) in [4.78, 5) is 10.7. The van der Waals surface area contributed by atoms with Crippen molar-refractivity contribution in [3.63, 3.8) is 0 Å². The van der Waals surface area contributed by atoms with Crippen LogP contribution in [0.25, 0.3) is 0 Å². The predicted molar refractivity (Wildman–Crippen MR) is 50.0 cm³/mol.